The number of aromatic nitrogens is 2. The maximum Gasteiger partial charge on any atom is 0.130 e. The van der Waals surface area contributed by atoms with Crippen LogP contribution in [0.5, 0.6) is 0 Å². The first-order valence-corrected chi connectivity index (χ1v) is 6.12. The molecule has 0 aliphatic heterocycles. The number of aryl methyl sites for hydroxylation is 2. The monoisotopic (exact) mass is 271 g/mol. The van der Waals surface area contributed by atoms with Crippen LogP contribution < -0.4 is 5.32 Å². The molecular formula is C11H18BrN3. The summed E-state index contributed by atoms with van der Waals surface area (Å²) in [4.78, 5) is 9.10. The molecule has 1 rings (SSSR count). The lowest BCUT2D eigenvalue weighted by molar-refractivity contribution is 0.703. The first-order chi connectivity index (χ1) is 6.97. The van der Waals surface area contributed by atoms with Gasteiger partial charge in [-0.05, 0) is 27.2 Å². The van der Waals surface area contributed by atoms with Crippen molar-refractivity contribution in [3.63, 3.8) is 0 Å². The Labute approximate surface area is 99.8 Å². The van der Waals surface area contributed by atoms with Crippen molar-refractivity contribution in [1.29, 1.82) is 0 Å². The van der Waals surface area contributed by atoms with E-state index in [2.05, 4.69) is 45.1 Å². The molecule has 1 N–H and O–H groups in total. The first kappa shape index (κ1) is 12.4. The molecule has 2 unspecified atom stereocenters. The molecule has 3 nitrogen and oxygen atoms in total. The number of anilines is 1. The van der Waals surface area contributed by atoms with E-state index in [0.29, 0.717) is 10.9 Å². The summed E-state index contributed by atoms with van der Waals surface area (Å²) < 4.78 is 0. The normalized spacial score (nSPS) is 14.7. The predicted molar refractivity (Wildman–Crippen MR) is 67.6 cm³/mol. The van der Waals surface area contributed by atoms with Gasteiger partial charge in [0.2, 0.25) is 0 Å². The molecule has 2 atom stereocenters. The Morgan fingerprint density at radius 3 is 2.53 bits per heavy atom. The Bertz CT molecular complexity index is 305. The van der Waals surface area contributed by atoms with Gasteiger partial charge in [-0.2, -0.15) is 0 Å². The minimum Gasteiger partial charge on any atom is -0.367 e. The maximum atomic E-state index is 4.34. The highest BCUT2D eigenvalue weighted by atomic mass is 79.9. The summed E-state index contributed by atoms with van der Waals surface area (Å²) in [5.74, 6) is 1.73. The van der Waals surface area contributed by atoms with Gasteiger partial charge in [-0.1, -0.05) is 22.9 Å². The van der Waals surface area contributed by atoms with Crippen molar-refractivity contribution in [1.82, 2.24) is 9.97 Å². The number of halogens is 1. The Kier molecular flexibility index (Phi) is 4.51. The van der Waals surface area contributed by atoms with E-state index in [1.807, 2.05) is 19.9 Å². The van der Waals surface area contributed by atoms with Gasteiger partial charge in [0.1, 0.15) is 11.6 Å². The van der Waals surface area contributed by atoms with Crippen molar-refractivity contribution in [2.24, 2.45) is 0 Å². The van der Waals surface area contributed by atoms with Crippen molar-refractivity contribution >= 4 is 21.7 Å². The molecule has 1 heterocycles. The summed E-state index contributed by atoms with van der Waals surface area (Å²) in [5.41, 5.74) is 1.00. The largest absolute Gasteiger partial charge is 0.367 e. The Hall–Kier alpha value is -0.640. The van der Waals surface area contributed by atoms with E-state index >= 15 is 0 Å². The standard InChI is InChI=1S/C11H18BrN3/c1-7(12)5-8(2)14-11-6-9(3)13-10(4)15-11/h6-8H,5H2,1-4H3,(H,13,14,15). The Morgan fingerprint density at radius 2 is 2.00 bits per heavy atom. The van der Waals surface area contributed by atoms with Crippen LogP contribution in [0.4, 0.5) is 5.82 Å². The third-order valence-corrected chi connectivity index (χ3v) is 2.41. The fraction of sp³-hybridized carbons (Fsp3) is 0.636. The van der Waals surface area contributed by atoms with Gasteiger partial charge in [0.05, 0.1) is 0 Å². The van der Waals surface area contributed by atoms with Crippen molar-refractivity contribution in [3.8, 4) is 0 Å². The van der Waals surface area contributed by atoms with Gasteiger partial charge in [-0.25, -0.2) is 9.97 Å². The molecule has 0 fully saturated rings. The molecule has 0 aliphatic rings. The molecule has 15 heavy (non-hydrogen) atoms. The second-order valence-corrected chi connectivity index (χ2v) is 5.57. The van der Waals surface area contributed by atoms with Crippen LogP contribution in [-0.4, -0.2) is 20.8 Å². The molecule has 0 spiro atoms. The van der Waals surface area contributed by atoms with Crippen LogP contribution in [0.3, 0.4) is 0 Å². The van der Waals surface area contributed by atoms with E-state index in [1.54, 1.807) is 0 Å². The molecule has 0 radical (unpaired) electrons. The molecule has 4 heteroatoms. The van der Waals surface area contributed by atoms with E-state index in [-0.39, 0.29) is 0 Å². The average molecular weight is 272 g/mol. The molecule has 1 aromatic heterocycles. The van der Waals surface area contributed by atoms with Crippen molar-refractivity contribution in [2.45, 2.75) is 45.0 Å². The van der Waals surface area contributed by atoms with E-state index in [9.17, 15) is 0 Å². The molecule has 0 saturated heterocycles. The van der Waals surface area contributed by atoms with Gasteiger partial charge in [0.15, 0.2) is 0 Å². The summed E-state index contributed by atoms with van der Waals surface area (Å²) in [5, 5.41) is 3.37. The molecule has 0 aliphatic carbocycles. The van der Waals surface area contributed by atoms with Crippen LogP contribution in [0.1, 0.15) is 31.8 Å². The maximum absolute atomic E-state index is 4.34. The fourth-order valence-electron chi connectivity index (χ4n) is 1.59. The van der Waals surface area contributed by atoms with Crippen LogP contribution >= 0.6 is 15.9 Å². The van der Waals surface area contributed by atoms with E-state index in [1.165, 1.54) is 0 Å². The predicted octanol–water partition coefficient (Wildman–Crippen LogP) is 3.07. The SMILES string of the molecule is Cc1cc(NC(C)CC(C)Br)nc(C)n1. The quantitative estimate of drug-likeness (QED) is 0.856. The molecule has 0 saturated carbocycles. The third kappa shape index (κ3) is 4.60. The smallest absolute Gasteiger partial charge is 0.130 e. The van der Waals surface area contributed by atoms with Crippen LogP contribution in [0, 0.1) is 13.8 Å². The zero-order valence-corrected chi connectivity index (χ0v) is 11.3. The molecular weight excluding hydrogens is 254 g/mol. The van der Waals surface area contributed by atoms with Crippen molar-refractivity contribution in [2.75, 3.05) is 5.32 Å². The number of nitrogens with one attached hydrogen (secondary N) is 1. The van der Waals surface area contributed by atoms with E-state index in [0.717, 1.165) is 23.8 Å². The second-order valence-electron chi connectivity index (χ2n) is 4.00. The summed E-state index contributed by atoms with van der Waals surface area (Å²) in [6.07, 6.45) is 1.07. The van der Waals surface area contributed by atoms with Crippen LogP contribution in [0.25, 0.3) is 0 Å². The Morgan fingerprint density at radius 1 is 1.33 bits per heavy atom. The highest BCUT2D eigenvalue weighted by Crippen LogP contribution is 2.12. The highest BCUT2D eigenvalue weighted by Gasteiger charge is 2.07. The van der Waals surface area contributed by atoms with Crippen molar-refractivity contribution in [3.05, 3.63) is 17.6 Å². The number of hydrogen-bond acceptors (Lipinski definition) is 3. The van der Waals surface area contributed by atoms with Crippen LogP contribution in [0.2, 0.25) is 0 Å². The third-order valence-electron chi connectivity index (χ3n) is 2.04. The number of hydrogen-bond donors (Lipinski definition) is 1. The Balaban J connectivity index is 2.63. The van der Waals surface area contributed by atoms with E-state index in [4.69, 9.17) is 0 Å². The van der Waals surface area contributed by atoms with E-state index < -0.39 is 0 Å². The van der Waals surface area contributed by atoms with Crippen LogP contribution in [0.15, 0.2) is 6.07 Å². The van der Waals surface area contributed by atoms with Gasteiger partial charge in [0, 0.05) is 22.6 Å². The second kappa shape index (κ2) is 5.45. The number of rotatable bonds is 4. The summed E-state index contributed by atoms with van der Waals surface area (Å²) in [7, 11) is 0. The molecule has 0 aromatic carbocycles. The fourth-order valence-corrected chi connectivity index (χ4v) is 2.15. The van der Waals surface area contributed by atoms with Crippen LogP contribution in [-0.2, 0) is 0 Å². The lowest BCUT2D eigenvalue weighted by Gasteiger charge is -2.16. The average Bonchev–Trinajstić information content (AvgIpc) is 1.98. The topological polar surface area (TPSA) is 37.8 Å². The number of nitrogens with zero attached hydrogens (tertiary/aromatic N) is 2. The minimum atomic E-state index is 0.410. The molecule has 0 amide bonds. The molecule has 1 aromatic rings. The highest BCUT2D eigenvalue weighted by molar-refractivity contribution is 9.09. The van der Waals surface area contributed by atoms with Gasteiger partial charge >= 0.3 is 0 Å². The van der Waals surface area contributed by atoms with Gasteiger partial charge in [-0.3, -0.25) is 0 Å². The summed E-state index contributed by atoms with van der Waals surface area (Å²) in [6, 6.07) is 2.38. The summed E-state index contributed by atoms with van der Waals surface area (Å²) in [6.45, 7) is 8.20. The zero-order valence-electron chi connectivity index (χ0n) is 9.71. The van der Waals surface area contributed by atoms with Gasteiger partial charge in [-0.15, -0.1) is 0 Å². The van der Waals surface area contributed by atoms with Gasteiger partial charge in [0.25, 0.3) is 0 Å². The summed E-state index contributed by atoms with van der Waals surface area (Å²) >= 11 is 3.54. The number of alkyl halides is 1. The molecule has 0 bridgehead atoms. The zero-order chi connectivity index (χ0) is 11.4. The van der Waals surface area contributed by atoms with Gasteiger partial charge < -0.3 is 5.32 Å². The first-order valence-electron chi connectivity index (χ1n) is 5.20. The lowest BCUT2D eigenvalue weighted by Crippen LogP contribution is -2.19. The minimum absolute atomic E-state index is 0.410. The lowest BCUT2D eigenvalue weighted by atomic mass is 10.2. The van der Waals surface area contributed by atoms with Crippen molar-refractivity contribution < 1.29 is 0 Å². The molecule has 84 valence electrons.